The third-order valence-corrected chi connectivity index (χ3v) is 5.20. The number of amides is 1. The molecule has 0 unspecified atom stereocenters. The van der Waals surface area contributed by atoms with Crippen LogP contribution in [0.5, 0.6) is 0 Å². The predicted octanol–water partition coefficient (Wildman–Crippen LogP) is 3.05. The second-order valence-corrected chi connectivity index (χ2v) is 6.97. The monoisotopic (exact) mass is 306 g/mol. The Bertz CT molecular complexity index is 768. The van der Waals surface area contributed by atoms with Crippen LogP contribution in [0.25, 0.3) is 11.1 Å². The van der Waals surface area contributed by atoms with Gasteiger partial charge in [0.1, 0.15) is 0 Å². The zero-order valence-electron chi connectivity index (χ0n) is 13.7. The Kier molecular flexibility index (Phi) is 3.46. The largest absolute Gasteiger partial charge is 0.352 e. The minimum Gasteiger partial charge on any atom is -0.352 e. The summed E-state index contributed by atoms with van der Waals surface area (Å²) in [5.41, 5.74) is 5.59. The fraction of sp³-hybridized carbons (Fsp3) is 0.350. The molecule has 3 nitrogen and oxygen atoms in total. The molecule has 1 amide bonds. The summed E-state index contributed by atoms with van der Waals surface area (Å²) in [7, 11) is 2.16. The van der Waals surface area contributed by atoms with Gasteiger partial charge < -0.3 is 10.2 Å². The quantitative estimate of drug-likeness (QED) is 0.878. The second-order valence-electron chi connectivity index (χ2n) is 6.97. The number of rotatable bonds is 1. The molecule has 118 valence electrons. The molecule has 0 aliphatic carbocycles. The summed E-state index contributed by atoms with van der Waals surface area (Å²) in [6.07, 6.45) is 0. The molecule has 0 saturated carbocycles. The average Bonchev–Trinajstić information content (AvgIpc) is 2.87. The summed E-state index contributed by atoms with van der Waals surface area (Å²) >= 11 is 0. The number of carbonyl (C=O) groups is 1. The lowest BCUT2D eigenvalue weighted by atomic mass is 9.86. The first-order valence-electron chi connectivity index (χ1n) is 8.29. The van der Waals surface area contributed by atoms with E-state index in [9.17, 15) is 4.79 Å². The van der Waals surface area contributed by atoms with Crippen LogP contribution >= 0.6 is 0 Å². The molecule has 0 spiro atoms. The number of nitrogens with one attached hydrogen (secondary N) is 1. The number of likely N-dealkylation sites (tertiary alicyclic amines) is 1. The van der Waals surface area contributed by atoms with Gasteiger partial charge in [0.25, 0.3) is 5.91 Å². The van der Waals surface area contributed by atoms with E-state index in [0.717, 1.165) is 30.8 Å². The van der Waals surface area contributed by atoms with Gasteiger partial charge in [-0.2, -0.15) is 0 Å². The van der Waals surface area contributed by atoms with Crippen molar-refractivity contribution in [2.45, 2.75) is 12.8 Å². The first kappa shape index (κ1) is 14.5. The lowest BCUT2D eigenvalue weighted by Crippen LogP contribution is -2.29. The number of hydrogen-bond acceptors (Lipinski definition) is 2. The van der Waals surface area contributed by atoms with Crippen molar-refractivity contribution in [3.05, 3.63) is 59.2 Å². The molecule has 2 heterocycles. The smallest absolute Gasteiger partial charge is 0.251 e. The summed E-state index contributed by atoms with van der Waals surface area (Å²) in [5, 5.41) is 3.12. The molecule has 2 atom stereocenters. The van der Waals surface area contributed by atoms with Crippen molar-refractivity contribution in [2.24, 2.45) is 5.92 Å². The minimum absolute atomic E-state index is 0.0755. The molecule has 1 saturated heterocycles. The number of hydrogen-bond donors (Lipinski definition) is 1. The molecule has 2 aromatic carbocycles. The molecular weight excluding hydrogens is 284 g/mol. The van der Waals surface area contributed by atoms with E-state index in [2.05, 4.69) is 66.7 Å². The highest BCUT2D eigenvalue weighted by Gasteiger charge is 2.36. The van der Waals surface area contributed by atoms with Gasteiger partial charge in [0, 0.05) is 31.1 Å². The van der Waals surface area contributed by atoms with Crippen LogP contribution in [0, 0.1) is 12.8 Å². The molecule has 1 fully saturated rings. The van der Waals surface area contributed by atoms with E-state index in [1.807, 2.05) is 0 Å². The van der Waals surface area contributed by atoms with Crippen molar-refractivity contribution in [3.63, 3.8) is 0 Å². The van der Waals surface area contributed by atoms with Gasteiger partial charge in [0.15, 0.2) is 0 Å². The zero-order valence-corrected chi connectivity index (χ0v) is 13.7. The number of benzene rings is 2. The van der Waals surface area contributed by atoms with Gasteiger partial charge in [0.2, 0.25) is 0 Å². The number of fused-ring (bicyclic) bond motifs is 3. The van der Waals surface area contributed by atoms with Crippen LogP contribution in [-0.2, 0) is 0 Å². The van der Waals surface area contributed by atoms with Crippen molar-refractivity contribution in [1.29, 1.82) is 0 Å². The normalized spacial score (nSPS) is 23.8. The van der Waals surface area contributed by atoms with Crippen LogP contribution in [0.15, 0.2) is 42.5 Å². The highest BCUT2D eigenvalue weighted by atomic mass is 16.1. The fourth-order valence-corrected chi connectivity index (χ4v) is 4.05. The summed E-state index contributed by atoms with van der Waals surface area (Å²) in [4.78, 5) is 14.9. The van der Waals surface area contributed by atoms with Gasteiger partial charge in [-0.3, -0.25) is 4.79 Å². The molecule has 1 N–H and O–H groups in total. The zero-order chi connectivity index (χ0) is 16.0. The SMILES string of the molecule is Cc1cccc(-c2ccc3c(c2)C(=O)NC[C@@H]2CN(C)C[C@@H]32)c1. The topological polar surface area (TPSA) is 32.3 Å². The maximum atomic E-state index is 12.5. The highest BCUT2D eigenvalue weighted by molar-refractivity contribution is 5.97. The van der Waals surface area contributed by atoms with E-state index in [-0.39, 0.29) is 5.91 Å². The maximum absolute atomic E-state index is 12.5. The predicted molar refractivity (Wildman–Crippen MR) is 92.7 cm³/mol. The molecule has 23 heavy (non-hydrogen) atoms. The van der Waals surface area contributed by atoms with Crippen molar-refractivity contribution in [3.8, 4) is 11.1 Å². The molecule has 2 aromatic rings. The summed E-state index contributed by atoms with van der Waals surface area (Å²) < 4.78 is 0. The Morgan fingerprint density at radius 3 is 2.74 bits per heavy atom. The standard InChI is InChI=1S/C20H22N2O/c1-13-4-3-5-14(8-13)15-6-7-17-18(9-15)20(23)21-10-16-11-22(2)12-19(16)17/h3-9,16,19H,10-12H2,1-2H3,(H,21,23)/t16-,19-/m1/s1. The highest BCUT2D eigenvalue weighted by Crippen LogP contribution is 2.37. The number of aryl methyl sites for hydroxylation is 1. The van der Waals surface area contributed by atoms with Gasteiger partial charge in [0.05, 0.1) is 0 Å². The maximum Gasteiger partial charge on any atom is 0.251 e. The number of nitrogens with zero attached hydrogens (tertiary/aromatic N) is 1. The molecule has 4 rings (SSSR count). The van der Waals surface area contributed by atoms with Crippen LogP contribution in [-0.4, -0.2) is 37.5 Å². The van der Waals surface area contributed by atoms with E-state index < -0.39 is 0 Å². The van der Waals surface area contributed by atoms with Crippen molar-refractivity contribution >= 4 is 5.91 Å². The third kappa shape index (κ3) is 2.55. The van der Waals surface area contributed by atoms with E-state index in [0.29, 0.717) is 11.8 Å². The Morgan fingerprint density at radius 2 is 1.91 bits per heavy atom. The molecule has 0 aromatic heterocycles. The van der Waals surface area contributed by atoms with Crippen molar-refractivity contribution in [2.75, 3.05) is 26.7 Å². The summed E-state index contributed by atoms with van der Waals surface area (Å²) in [6, 6.07) is 14.9. The Morgan fingerprint density at radius 1 is 1.09 bits per heavy atom. The van der Waals surface area contributed by atoms with Gasteiger partial charge in [-0.1, -0.05) is 42.0 Å². The first-order valence-corrected chi connectivity index (χ1v) is 8.29. The Labute approximate surface area is 137 Å². The number of likely N-dealkylation sites (N-methyl/N-ethyl adjacent to an activating group) is 1. The lowest BCUT2D eigenvalue weighted by molar-refractivity contribution is 0.0951. The van der Waals surface area contributed by atoms with Gasteiger partial charge in [-0.15, -0.1) is 0 Å². The first-order chi connectivity index (χ1) is 11.1. The summed E-state index contributed by atoms with van der Waals surface area (Å²) in [6.45, 7) is 4.97. The van der Waals surface area contributed by atoms with E-state index in [1.165, 1.54) is 16.7 Å². The van der Waals surface area contributed by atoms with Crippen LogP contribution in [0.1, 0.15) is 27.4 Å². The Hall–Kier alpha value is -2.13. The average molecular weight is 306 g/mol. The lowest BCUT2D eigenvalue weighted by Gasteiger charge is -2.17. The molecule has 0 radical (unpaired) electrons. The van der Waals surface area contributed by atoms with E-state index in [1.54, 1.807) is 0 Å². The van der Waals surface area contributed by atoms with Crippen LogP contribution in [0.4, 0.5) is 0 Å². The van der Waals surface area contributed by atoms with Crippen molar-refractivity contribution < 1.29 is 4.79 Å². The second kappa shape index (κ2) is 5.50. The minimum atomic E-state index is 0.0755. The van der Waals surface area contributed by atoms with Gasteiger partial charge >= 0.3 is 0 Å². The molecule has 2 aliphatic rings. The van der Waals surface area contributed by atoms with E-state index in [4.69, 9.17) is 0 Å². The third-order valence-electron chi connectivity index (χ3n) is 5.20. The van der Waals surface area contributed by atoms with E-state index >= 15 is 0 Å². The molecule has 2 aliphatic heterocycles. The van der Waals surface area contributed by atoms with Crippen molar-refractivity contribution in [1.82, 2.24) is 10.2 Å². The number of carbonyl (C=O) groups excluding carboxylic acids is 1. The summed E-state index contributed by atoms with van der Waals surface area (Å²) in [5.74, 6) is 1.06. The van der Waals surface area contributed by atoms with Gasteiger partial charge in [-0.25, -0.2) is 0 Å². The van der Waals surface area contributed by atoms with Crippen LogP contribution in [0.2, 0.25) is 0 Å². The fourth-order valence-electron chi connectivity index (χ4n) is 4.05. The molecule has 0 bridgehead atoms. The van der Waals surface area contributed by atoms with Crippen LogP contribution in [0.3, 0.4) is 0 Å². The van der Waals surface area contributed by atoms with Crippen LogP contribution < -0.4 is 5.32 Å². The molecular formula is C20H22N2O. The Balaban J connectivity index is 1.80. The molecule has 3 heteroatoms. The van der Waals surface area contributed by atoms with Gasteiger partial charge in [-0.05, 0) is 42.6 Å².